The van der Waals surface area contributed by atoms with Gasteiger partial charge in [-0.2, -0.15) is 0 Å². The topological polar surface area (TPSA) is 49.2 Å². The van der Waals surface area contributed by atoms with Crippen molar-refractivity contribution in [2.75, 3.05) is 5.43 Å². The van der Waals surface area contributed by atoms with Gasteiger partial charge < -0.3 is 9.73 Å². The van der Waals surface area contributed by atoms with E-state index in [1.54, 1.807) is 6.26 Å². The van der Waals surface area contributed by atoms with Crippen LogP contribution in [-0.4, -0.2) is 5.11 Å². The Labute approximate surface area is 118 Å². The normalized spacial score (nSPS) is 10.0. The molecule has 0 spiro atoms. The van der Waals surface area contributed by atoms with Gasteiger partial charge in [0.15, 0.2) is 5.11 Å². The van der Waals surface area contributed by atoms with Gasteiger partial charge in [-0.25, -0.2) is 0 Å². The Bertz CT molecular complexity index is 552. The van der Waals surface area contributed by atoms with E-state index in [0.29, 0.717) is 11.7 Å². The van der Waals surface area contributed by atoms with Gasteiger partial charge in [0, 0.05) is 0 Å². The third kappa shape index (κ3) is 3.99. The highest BCUT2D eigenvalue weighted by atomic mass is 32.1. The van der Waals surface area contributed by atoms with Crippen molar-refractivity contribution in [1.29, 1.82) is 0 Å². The van der Waals surface area contributed by atoms with Crippen molar-refractivity contribution in [2.24, 2.45) is 0 Å². The first-order valence-corrected chi connectivity index (χ1v) is 6.45. The van der Waals surface area contributed by atoms with Gasteiger partial charge in [-0.1, -0.05) is 17.7 Å². The molecule has 0 unspecified atom stereocenters. The number of hydrogen-bond acceptors (Lipinski definition) is 3. The highest BCUT2D eigenvalue weighted by molar-refractivity contribution is 7.80. The highest BCUT2D eigenvalue weighted by Gasteiger charge is 2.00. The molecule has 0 aliphatic heterocycles. The van der Waals surface area contributed by atoms with Crippen molar-refractivity contribution < 1.29 is 4.42 Å². The lowest BCUT2D eigenvalue weighted by Gasteiger charge is -2.13. The maximum atomic E-state index is 5.21. The van der Waals surface area contributed by atoms with Crippen LogP contribution in [0.3, 0.4) is 0 Å². The van der Waals surface area contributed by atoms with Gasteiger partial charge in [0.1, 0.15) is 5.76 Å². The van der Waals surface area contributed by atoms with E-state index in [2.05, 4.69) is 42.1 Å². The molecular weight excluding hydrogens is 258 g/mol. The molecule has 2 aromatic rings. The molecule has 0 radical (unpaired) electrons. The zero-order chi connectivity index (χ0) is 13.7. The summed E-state index contributed by atoms with van der Waals surface area (Å²) in [6.07, 6.45) is 1.64. The number of furan rings is 1. The lowest BCUT2D eigenvalue weighted by atomic mass is 10.1. The van der Waals surface area contributed by atoms with Crippen LogP contribution in [0.25, 0.3) is 0 Å². The van der Waals surface area contributed by atoms with E-state index in [1.165, 1.54) is 11.1 Å². The Kier molecular flexibility index (Phi) is 4.41. The molecule has 0 aliphatic rings. The largest absolute Gasteiger partial charge is 0.467 e. The first-order chi connectivity index (χ1) is 9.15. The zero-order valence-corrected chi connectivity index (χ0v) is 11.8. The smallest absolute Gasteiger partial charge is 0.185 e. The number of aryl methyl sites for hydroxylation is 2. The number of hydrogen-bond donors (Lipinski definition) is 3. The molecule has 0 saturated heterocycles. The van der Waals surface area contributed by atoms with Crippen molar-refractivity contribution in [2.45, 2.75) is 20.4 Å². The van der Waals surface area contributed by atoms with E-state index in [0.717, 1.165) is 11.4 Å². The minimum absolute atomic E-state index is 0.524. The molecule has 1 aromatic carbocycles. The average Bonchev–Trinajstić information content (AvgIpc) is 2.88. The summed E-state index contributed by atoms with van der Waals surface area (Å²) >= 11 is 5.17. The number of benzene rings is 1. The summed E-state index contributed by atoms with van der Waals surface area (Å²) in [4.78, 5) is 0. The van der Waals surface area contributed by atoms with Gasteiger partial charge in [-0.15, -0.1) is 0 Å². The Morgan fingerprint density at radius 3 is 2.79 bits per heavy atom. The molecule has 2 rings (SSSR count). The first-order valence-electron chi connectivity index (χ1n) is 6.04. The van der Waals surface area contributed by atoms with E-state index < -0.39 is 0 Å². The summed E-state index contributed by atoms with van der Waals surface area (Å²) in [6, 6.07) is 9.93. The SMILES string of the molecule is Cc1ccc(NNC(=S)NCc2ccco2)c(C)c1. The third-order valence-corrected chi connectivity index (χ3v) is 2.94. The molecular formula is C14H17N3OS. The molecule has 0 bridgehead atoms. The van der Waals surface area contributed by atoms with Crippen LogP contribution in [0.2, 0.25) is 0 Å². The van der Waals surface area contributed by atoms with Crippen LogP contribution in [0.5, 0.6) is 0 Å². The number of rotatable bonds is 4. The van der Waals surface area contributed by atoms with E-state index in [-0.39, 0.29) is 0 Å². The van der Waals surface area contributed by atoms with Gasteiger partial charge in [0.05, 0.1) is 18.5 Å². The van der Waals surface area contributed by atoms with E-state index in [1.807, 2.05) is 18.2 Å². The lowest BCUT2D eigenvalue weighted by Crippen LogP contribution is -2.38. The molecule has 0 amide bonds. The Morgan fingerprint density at radius 2 is 2.11 bits per heavy atom. The van der Waals surface area contributed by atoms with Gasteiger partial charge >= 0.3 is 0 Å². The second-order valence-electron chi connectivity index (χ2n) is 4.33. The average molecular weight is 275 g/mol. The Morgan fingerprint density at radius 1 is 1.26 bits per heavy atom. The monoisotopic (exact) mass is 275 g/mol. The number of thiocarbonyl (C=S) groups is 1. The maximum Gasteiger partial charge on any atom is 0.185 e. The second kappa shape index (κ2) is 6.24. The molecule has 100 valence electrons. The minimum Gasteiger partial charge on any atom is -0.467 e. The highest BCUT2D eigenvalue weighted by Crippen LogP contribution is 2.14. The predicted molar refractivity (Wildman–Crippen MR) is 80.8 cm³/mol. The molecule has 0 aliphatic carbocycles. The quantitative estimate of drug-likeness (QED) is 0.592. The van der Waals surface area contributed by atoms with Crippen LogP contribution in [0.1, 0.15) is 16.9 Å². The fraction of sp³-hybridized carbons (Fsp3) is 0.214. The van der Waals surface area contributed by atoms with Crippen LogP contribution < -0.4 is 16.2 Å². The molecule has 19 heavy (non-hydrogen) atoms. The molecule has 5 heteroatoms. The summed E-state index contributed by atoms with van der Waals surface area (Å²) in [6.45, 7) is 4.68. The summed E-state index contributed by atoms with van der Waals surface area (Å²) in [7, 11) is 0. The Hall–Kier alpha value is -2.01. The van der Waals surface area contributed by atoms with Crippen molar-refractivity contribution in [3.8, 4) is 0 Å². The van der Waals surface area contributed by atoms with Gasteiger partial charge in [0.25, 0.3) is 0 Å². The third-order valence-electron chi connectivity index (χ3n) is 2.70. The van der Waals surface area contributed by atoms with Crippen LogP contribution in [0.4, 0.5) is 5.69 Å². The van der Waals surface area contributed by atoms with Gasteiger partial charge in [-0.3, -0.25) is 10.9 Å². The van der Waals surface area contributed by atoms with E-state index in [9.17, 15) is 0 Å². The molecule has 3 N–H and O–H groups in total. The number of hydrazine groups is 1. The fourth-order valence-corrected chi connectivity index (χ4v) is 1.83. The second-order valence-corrected chi connectivity index (χ2v) is 4.74. The summed E-state index contributed by atoms with van der Waals surface area (Å²) < 4.78 is 5.21. The van der Waals surface area contributed by atoms with Crippen LogP contribution >= 0.6 is 12.2 Å². The van der Waals surface area contributed by atoms with Crippen LogP contribution in [0.15, 0.2) is 41.0 Å². The standard InChI is InChI=1S/C14H17N3OS/c1-10-5-6-13(11(2)8-10)16-17-14(19)15-9-12-4-3-7-18-12/h3-8,16H,9H2,1-2H3,(H2,15,17,19). The number of nitrogens with one attached hydrogen (secondary N) is 3. The molecule has 1 heterocycles. The van der Waals surface area contributed by atoms with E-state index >= 15 is 0 Å². The predicted octanol–water partition coefficient (Wildman–Crippen LogP) is 2.89. The number of anilines is 1. The molecule has 4 nitrogen and oxygen atoms in total. The first kappa shape index (κ1) is 13.4. The lowest BCUT2D eigenvalue weighted by molar-refractivity contribution is 0.503. The van der Waals surface area contributed by atoms with Crippen molar-refractivity contribution in [3.63, 3.8) is 0 Å². The summed E-state index contributed by atoms with van der Waals surface area (Å²) in [5.41, 5.74) is 9.45. The van der Waals surface area contributed by atoms with Crippen molar-refractivity contribution in [3.05, 3.63) is 53.5 Å². The zero-order valence-electron chi connectivity index (χ0n) is 11.0. The molecule has 0 saturated carbocycles. The summed E-state index contributed by atoms with van der Waals surface area (Å²) in [5, 5.41) is 3.57. The van der Waals surface area contributed by atoms with Crippen LogP contribution in [0, 0.1) is 13.8 Å². The van der Waals surface area contributed by atoms with Gasteiger partial charge in [-0.05, 0) is 49.8 Å². The minimum atomic E-state index is 0.524. The molecule has 1 aromatic heterocycles. The van der Waals surface area contributed by atoms with Crippen LogP contribution in [-0.2, 0) is 6.54 Å². The van der Waals surface area contributed by atoms with Crippen molar-refractivity contribution in [1.82, 2.24) is 10.7 Å². The molecule has 0 atom stereocenters. The summed E-state index contributed by atoms with van der Waals surface area (Å²) in [5.74, 6) is 0.843. The van der Waals surface area contributed by atoms with E-state index in [4.69, 9.17) is 16.6 Å². The Balaban J connectivity index is 1.80. The maximum absolute atomic E-state index is 5.21. The van der Waals surface area contributed by atoms with Gasteiger partial charge in [0.2, 0.25) is 0 Å². The fourth-order valence-electron chi connectivity index (χ4n) is 1.70. The molecule has 0 fully saturated rings. The van der Waals surface area contributed by atoms with Crippen molar-refractivity contribution >= 4 is 23.0 Å².